The van der Waals surface area contributed by atoms with E-state index in [1.54, 1.807) is 37.3 Å². The van der Waals surface area contributed by atoms with E-state index in [2.05, 4.69) is 15.9 Å². The molecule has 0 fully saturated rings. The van der Waals surface area contributed by atoms with Gasteiger partial charge in [-0.25, -0.2) is 9.18 Å². The summed E-state index contributed by atoms with van der Waals surface area (Å²) in [6.07, 6.45) is 0. The highest BCUT2D eigenvalue weighted by molar-refractivity contribution is 9.10. The summed E-state index contributed by atoms with van der Waals surface area (Å²) in [6.45, 7) is 1.49. The van der Waals surface area contributed by atoms with Crippen molar-refractivity contribution in [3.05, 3.63) is 72.4 Å². The van der Waals surface area contributed by atoms with E-state index in [9.17, 15) is 14.0 Å². The van der Waals surface area contributed by atoms with E-state index in [0.29, 0.717) is 26.0 Å². The fourth-order valence-electron chi connectivity index (χ4n) is 2.84. The molecule has 0 aliphatic carbocycles. The number of nitrogens with zero attached hydrogens (tertiary/aromatic N) is 2. The Hall–Kier alpha value is -2.03. The Balaban J connectivity index is 2.24. The van der Waals surface area contributed by atoms with Crippen molar-refractivity contribution < 1.29 is 13.9 Å². The highest BCUT2D eigenvalue weighted by atomic mass is 79.9. The third kappa shape index (κ3) is 4.19. The summed E-state index contributed by atoms with van der Waals surface area (Å²) in [6, 6.07) is 9.51. The van der Waals surface area contributed by atoms with E-state index in [4.69, 9.17) is 28.6 Å². The molecular formula is C19H15BrClFN2O3S. The van der Waals surface area contributed by atoms with E-state index in [1.165, 1.54) is 10.6 Å². The largest absolute Gasteiger partial charge is 0.465 e. The molecule has 0 radical (unpaired) electrons. The number of carbonyl (C=O) groups is 1. The van der Waals surface area contributed by atoms with E-state index in [0.717, 1.165) is 4.57 Å². The lowest BCUT2D eigenvalue weighted by molar-refractivity contribution is -0.143. The first kappa shape index (κ1) is 20.7. The molecule has 0 bridgehead atoms. The fourth-order valence-corrected chi connectivity index (χ4v) is 3.66. The summed E-state index contributed by atoms with van der Waals surface area (Å²) in [4.78, 5) is 25.1. The van der Waals surface area contributed by atoms with Gasteiger partial charge in [0.15, 0.2) is 0 Å². The normalized spacial score (nSPS) is 11.0. The number of hydrogen-bond acceptors (Lipinski definition) is 4. The molecular weight excluding hydrogens is 471 g/mol. The maximum Gasteiger partial charge on any atom is 0.330 e. The van der Waals surface area contributed by atoms with Gasteiger partial charge < -0.3 is 4.74 Å². The molecule has 0 saturated heterocycles. The third-order valence-electron chi connectivity index (χ3n) is 4.12. The molecule has 28 heavy (non-hydrogen) atoms. The van der Waals surface area contributed by atoms with E-state index >= 15 is 0 Å². The highest BCUT2D eigenvalue weighted by Crippen LogP contribution is 2.22. The Morgan fingerprint density at radius 2 is 2.00 bits per heavy atom. The number of rotatable bonds is 5. The van der Waals surface area contributed by atoms with Gasteiger partial charge in [-0.1, -0.05) is 45.8 Å². The predicted molar refractivity (Wildman–Crippen MR) is 112 cm³/mol. The molecule has 0 aliphatic rings. The molecule has 0 aliphatic heterocycles. The first-order chi connectivity index (χ1) is 13.3. The molecule has 0 N–H and O–H groups in total. The van der Waals surface area contributed by atoms with Crippen molar-refractivity contribution in [3.8, 4) is 0 Å². The third-order valence-corrected chi connectivity index (χ3v) is 5.29. The van der Waals surface area contributed by atoms with Gasteiger partial charge >= 0.3 is 11.7 Å². The Labute approximate surface area is 178 Å². The van der Waals surface area contributed by atoms with Crippen LogP contribution in [0.4, 0.5) is 4.39 Å². The van der Waals surface area contributed by atoms with E-state index in [-0.39, 0.29) is 24.3 Å². The lowest BCUT2D eigenvalue weighted by Gasteiger charge is -2.16. The molecule has 0 unspecified atom stereocenters. The van der Waals surface area contributed by atoms with Gasteiger partial charge in [0.05, 0.1) is 18.7 Å². The number of halogens is 3. The zero-order valence-electron chi connectivity index (χ0n) is 14.7. The summed E-state index contributed by atoms with van der Waals surface area (Å²) in [5, 5.41) is 0.949. The second-order valence-electron chi connectivity index (χ2n) is 5.96. The first-order valence-corrected chi connectivity index (χ1v) is 9.92. The lowest BCUT2D eigenvalue weighted by atomic mass is 10.2. The number of aromatic nitrogens is 2. The molecule has 0 saturated carbocycles. The molecule has 9 heteroatoms. The Bertz CT molecular complexity index is 1190. The Morgan fingerprint density at radius 3 is 2.68 bits per heavy atom. The van der Waals surface area contributed by atoms with Crippen molar-refractivity contribution >= 4 is 56.6 Å². The van der Waals surface area contributed by atoms with E-state index < -0.39 is 17.5 Å². The fraction of sp³-hybridized carbons (Fsp3) is 0.211. The van der Waals surface area contributed by atoms with Crippen LogP contribution in [0.3, 0.4) is 0 Å². The quantitative estimate of drug-likeness (QED) is 0.388. The van der Waals surface area contributed by atoms with Gasteiger partial charge in [0.1, 0.15) is 17.0 Å². The summed E-state index contributed by atoms with van der Waals surface area (Å²) >= 11 is 14.7. The van der Waals surface area contributed by atoms with Crippen molar-refractivity contribution in [2.45, 2.75) is 20.0 Å². The number of fused-ring (bicyclic) bond motifs is 1. The second kappa shape index (κ2) is 8.55. The van der Waals surface area contributed by atoms with Crippen LogP contribution in [-0.4, -0.2) is 21.7 Å². The molecule has 0 atom stereocenters. The average Bonchev–Trinajstić information content (AvgIpc) is 2.64. The molecule has 1 aromatic heterocycles. The zero-order chi connectivity index (χ0) is 20.4. The van der Waals surface area contributed by atoms with Crippen molar-refractivity contribution in [1.82, 2.24) is 9.13 Å². The standard InChI is InChI=1S/C19H15BrClFN2O3S/c1-2-27-17(25)10-24-18(28)14-8-13(21)5-6-16(14)23(19(24)26)9-11-3-4-12(20)7-15(11)22/h3-8H,2,9-10H2,1H3. The maximum atomic E-state index is 14.4. The summed E-state index contributed by atoms with van der Waals surface area (Å²) in [5.41, 5.74) is 0.290. The van der Waals surface area contributed by atoms with Crippen LogP contribution in [-0.2, 0) is 22.6 Å². The summed E-state index contributed by atoms with van der Waals surface area (Å²) < 4.78 is 22.6. The molecule has 2 aromatic carbocycles. The molecule has 0 spiro atoms. The van der Waals surface area contributed by atoms with Crippen LogP contribution in [0.5, 0.6) is 0 Å². The van der Waals surface area contributed by atoms with Crippen molar-refractivity contribution in [1.29, 1.82) is 0 Å². The number of hydrogen-bond donors (Lipinski definition) is 0. The zero-order valence-corrected chi connectivity index (χ0v) is 17.9. The van der Waals surface area contributed by atoms with Crippen LogP contribution >= 0.6 is 39.7 Å². The molecule has 3 rings (SSSR count). The van der Waals surface area contributed by atoms with Crippen LogP contribution < -0.4 is 5.69 Å². The van der Waals surface area contributed by atoms with Crippen molar-refractivity contribution in [2.24, 2.45) is 0 Å². The lowest BCUT2D eigenvalue weighted by Crippen LogP contribution is -2.34. The highest BCUT2D eigenvalue weighted by Gasteiger charge is 2.16. The van der Waals surface area contributed by atoms with Gasteiger partial charge in [0.25, 0.3) is 0 Å². The van der Waals surface area contributed by atoms with Crippen LogP contribution in [0.2, 0.25) is 5.02 Å². The minimum Gasteiger partial charge on any atom is -0.465 e. The van der Waals surface area contributed by atoms with E-state index in [1.807, 2.05) is 0 Å². The van der Waals surface area contributed by atoms with Crippen molar-refractivity contribution in [3.63, 3.8) is 0 Å². The van der Waals surface area contributed by atoms with Gasteiger partial charge in [-0.05, 0) is 37.3 Å². The smallest absolute Gasteiger partial charge is 0.330 e. The molecule has 0 amide bonds. The van der Waals surface area contributed by atoms with Gasteiger partial charge in [-0.15, -0.1) is 0 Å². The van der Waals surface area contributed by atoms with Gasteiger partial charge in [-0.3, -0.25) is 13.9 Å². The minimum atomic E-state index is -0.585. The molecule has 5 nitrogen and oxygen atoms in total. The molecule has 1 heterocycles. The van der Waals surface area contributed by atoms with Crippen LogP contribution in [0.15, 0.2) is 45.7 Å². The topological polar surface area (TPSA) is 53.2 Å². The number of benzene rings is 2. The van der Waals surface area contributed by atoms with Crippen LogP contribution in [0, 0.1) is 10.5 Å². The first-order valence-electron chi connectivity index (χ1n) is 8.34. The monoisotopic (exact) mass is 484 g/mol. The summed E-state index contributed by atoms with van der Waals surface area (Å²) in [7, 11) is 0. The number of ether oxygens (including phenoxy) is 1. The van der Waals surface area contributed by atoms with Crippen molar-refractivity contribution in [2.75, 3.05) is 6.61 Å². The second-order valence-corrected chi connectivity index (χ2v) is 7.70. The average molecular weight is 486 g/mol. The van der Waals surface area contributed by atoms with Gasteiger partial charge in [0.2, 0.25) is 0 Å². The minimum absolute atomic E-state index is 0.0332. The molecule has 146 valence electrons. The Morgan fingerprint density at radius 1 is 1.25 bits per heavy atom. The maximum absolute atomic E-state index is 14.4. The number of carbonyl (C=O) groups excluding carboxylic acids is 1. The van der Waals surface area contributed by atoms with Crippen LogP contribution in [0.1, 0.15) is 12.5 Å². The van der Waals surface area contributed by atoms with Gasteiger partial charge in [0, 0.05) is 20.4 Å². The number of esters is 1. The van der Waals surface area contributed by atoms with Crippen LogP contribution in [0.25, 0.3) is 10.9 Å². The molecule has 3 aromatic rings. The Kier molecular flexibility index (Phi) is 6.32. The summed E-state index contributed by atoms with van der Waals surface area (Å²) in [5.74, 6) is -1.04. The SMILES string of the molecule is CCOC(=O)Cn1c(=S)c2cc(Cl)ccc2n(Cc2ccc(Br)cc2F)c1=O. The van der Waals surface area contributed by atoms with Gasteiger partial charge in [-0.2, -0.15) is 0 Å². The predicted octanol–water partition coefficient (Wildman–Crippen LogP) is 4.70.